The van der Waals surface area contributed by atoms with E-state index < -0.39 is 18.4 Å². The number of aliphatic hydroxyl groups is 1. The topological polar surface area (TPSA) is 79.5 Å². The minimum atomic E-state index is -1.56. The Morgan fingerprint density at radius 1 is 0.900 bits per heavy atom. The molecule has 2 N–H and O–H groups in total. The number of carbonyl (C=O) groups excluding carboxylic acids is 1. The SMILES string of the molecule is O=C(O)C(=O)c1c(CO)n(Cc2ccccc2)c2ccc(-c3ccc(Cl)cc3)cc12. The summed E-state index contributed by atoms with van der Waals surface area (Å²) in [6, 6.07) is 22.4. The van der Waals surface area contributed by atoms with Crippen molar-refractivity contribution in [3.63, 3.8) is 0 Å². The number of carbonyl (C=O) groups is 2. The normalized spacial score (nSPS) is 11.0. The third-order valence-electron chi connectivity index (χ3n) is 5.10. The second-order valence-electron chi connectivity index (χ2n) is 6.92. The highest BCUT2D eigenvalue weighted by atomic mass is 35.5. The molecule has 30 heavy (non-hydrogen) atoms. The van der Waals surface area contributed by atoms with E-state index >= 15 is 0 Å². The largest absolute Gasteiger partial charge is 0.475 e. The van der Waals surface area contributed by atoms with E-state index in [1.807, 2.05) is 54.6 Å². The molecule has 150 valence electrons. The predicted molar refractivity (Wildman–Crippen MR) is 116 cm³/mol. The molecule has 0 aliphatic heterocycles. The van der Waals surface area contributed by atoms with Crippen LogP contribution in [0.25, 0.3) is 22.0 Å². The lowest BCUT2D eigenvalue weighted by molar-refractivity contribution is -0.131. The zero-order chi connectivity index (χ0) is 21.3. The van der Waals surface area contributed by atoms with Crippen molar-refractivity contribution in [2.24, 2.45) is 0 Å². The van der Waals surface area contributed by atoms with Crippen LogP contribution in [-0.4, -0.2) is 26.5 Å². The second kappa shape index (κ2) is 8.14. The maximum Gasteiger partial charge on any atom is 0.377 e. The number of carboxylic acids is 1. The van der Waals surface area contributed by atoms with Gasteiger partial charge in [-0.1, -0.05) is 60.1 Å². The number of halogens is 1. The first-order chi connectivity index (χ1) is 14.5. The molecule has 3 aromatic carbocycles. The molecule has 4 aromatic rings. The van der Waals surface area contributed by atoms with E-state index in [1.54, 1.807) is 22.8 Å². The average molecular weight is 420 g/mol. The molecule has 0 atom stereocenters. The number of aliphatic hydroxyl groups excluding tert-OH is 1. The number of aromatic nitrogens is 1. The summed E-state index contributed by atoms with van der Waals surface area (Å²) >= 11 is 5.97. The van der Waals surface area contributed by atoms with Crippen molar-refractivity contribution in [2.75, 3.05) is 0 Å². The van der Waals surface area contributed by atoms with Crippen LogP contribution >= 0.6 is 11.6 Å². The van der Waals surface area contributed by atoms with Gasteiger partial charge in [-0.2, -0.15) is 0 Å². The highest BCUT2D eigenvalue weighted by Gasteiger charge is 2.26. The van der Waals surface area contributed by atoms with Crippen LogP contribution in [0, 0.1) is 0 Å². The van der Waals surface area contributed by atoms with E-state index in [0.29, 0.717) is 22.5 Å². The van der Waals surface area contributed by atoms with Gasteiger partial charge in [0.25, 0.3) is 5.78 Å². The zero-order valence-corrected chi connectivity index (χ0v) is 16.6. The Hall–Kier alpha value is -3.41. The summed E-state index contributed by atoms with van der Waals surface area (Å²) in [5.74, 6) is -2.59. The summed E-state index contributed by atoms with van der Waals surface area (Å²) in [6.07, 6.45) is 0. The summed E-state index contributed by atoms with van der Waals surface area (Å²) in [5, 5.41) is 20.5. The number of Topliss-reactive ketones (excluding diaryl/α,β-unsaturated/α-hetero) is 1. The number of benzene rings is 3. The van der Waals surface area contributed by atoms with E-state index in [4.69, 9.17) is 11.6 Å². The second-order valence-corrected chi connectivity index (χ2v) is 7.36. The Labute approximate surface area is 177 Å². The molecule has 0 fully saturated rings. The lowest BCUT2D eigenvalue weighted by Gasteiger charge is -2.10. The Balaban J connectivity index is 1.96. The van der Waals surface area contributed by atoms with E-state index in [2.05, 4.69) is 0 Å². The van der Waals surface area contributed by atoms with Gasteiger partial charge >= 0.3 is 5.97 Å². The van der Waals surface area contributed by atoms with E-state index in [9.17, 15) is 19.8 Å². The van der Waals surface area contributed by atoms with E-state index in [1.165, 1.54) is 0 Å². The average Bonchev–Trinajstić information content (AvgIpc) is 3.06. The summed E-state index contributed by atoms with van der Waals surface area (Å²) in [5.41, 5.74) is 3.67. The molecule has 0 spiro atoms. The monoisotopic (exact) mass is 419 g/mol. The number of aliphatic carboxylic acids is 1. The zero-order valence-electron chi connectivity index (χ0n) is 15.9. The molecule has 1 aromatic heterocycles. The van der Waals surface area contributed by atoms with Gasteiger partial charge in [0.15, 0.2) is 0 Å². The van der Waals surface area contributed by atoms with Crippen molar-refractivity contribution in [1.29, 1.82) is 0 Å². The van der Waals surface area contributed by atoms with Crippen molar-refractivity contribution in [3.05, 3.63) is 94.6 Å². The highest BCUT2D eigenvalue weighted by Crippen LogP contribution is 2.32. The van der Waals surface area contributed by atoms with Crippen molar-refractivity contribution in [3.8, 4) is 11.1 Å². The number of ketones is 1. The smallest absolute Gasteiger partial charge is 0.377 e. The summed E-state index contributed by atoms with van der Waals surface area (Å²) < 4.78 is 1.80. The van der Waals surface area contributed by atoms with Crippen molar-refractivity contribution in [2.45, 2.75) is 13.2 Å². The van der Waals surface area contributed by atoms with Crippen LogP contribution in [0.1, 0.15) is 21.6 Å². The molecule has 0 unspecified atom stereocenters. The number of hydrogen-bond acceptors (Lipinski definition) is 3. The van der Waals surface area contributed by atoms with Gasteiger partial charge in [-0.25, -0.2) is 4.79 Å². The molecule has 0 radical (unpaired) electrons. The number of hydrogen-bond donors (Lipinski definition) is 2. The third-order valence-corrected chi connectivity index (χ3v) is 5.36. The minimum Gasteiger partial charge on any atom is -0.475 e. The highest BCUT2D eigenvalue weighted by molar-refractivity contribution is 6.42. The third kappa shape index (κ3) is 3.61. The van der Waals surface area contributed by atoms with Gasteiger partial charge in [-0.15, -0.1) is 0 Å². The lowest BCUT2D eigenvalue weighted by Crippen LogP contribution is -2.16. The molecule has 0 saturated heterocycles. The fraction of sp³-hybridized carbons (Fsp3) is 0.0833. The van der Waals surface area contributed by atoms with Crippen molar-refractivity contribution < 1.29 is 19.8 Å². The fourth-order valence-corrected chi connectivity index (χ4v) is 3.83. The van der Waals surface area contributed by atoms with Gasteiger partial charge in [0.2, 0.25) is 0 Å². The molecular weight excluding hydrogens is 402 g/mol. The molecule has 5 nitrogen and oxygen atoms in total. The quantitative estimate of drug-likeness (QED) is 0.348. The summed E-state index contributed by atoms with van der Waals surface area (Å²) in [6.45, 7) is -0.0490. The van der Waals surface area contributed by atoms with Crippen LogP contribution in [0.5, 0.6) is 0 Å². The molecule has 0 aliphatic carbocycles. The standard InChI is InChI=1S/C24H18ClNO4/c25-18-9-6-16(7-10-18)17-8-11-20-19(12-17)22(23(28)24(29)30)21(14-27)26(20)13-15-4-2-1-3-5-15/h1-12,27H,13-14H2,(H,29,30). The Morgan fingerprint density at radius 2 is 1.57 bits per heavy atom. The van der Waals surface area contributed by atoms with Crippen LogP contribution in [0.3, 0.4) is 0 Å². The van der Waals surface area contributed by atoms with Crippen LogP contribution in [0.15, 0.2) is 72.8 Å². The maximum absolute atomic E-state index is 12.6. The van der Waals surface area contributed by atoms with Gasteiger partial charge < -0.3 is 14.8 Å². The van der Waals surface area contributed by atoms with Gasteiger partial charge in [0.1, 0.15) is 0 Å². The lowest BCUT2D eigenvalue weighted by atomic mass is 10.0. The molecule has 0 saturated carbocycles. The molecule has 4 rings (SSSR count). The number of fused-ring (bicyclic) bond motifs is 1. The van der Waals surface area contributed by atoms with E-state index in [0.717, 1.165) is 16.7 Å². The first-order valence-corrected chi connectivity index (χ1v) is 9.71. The molecule has 6 heteroatoms. The summed E-state index contributed by atoms with van der Waals surface area (Å²) in [7, 11) is 0. The summed E-state index contributed by atoms with van der Waals surface area (Å²) in [4.78, 5) is 24.1. The molecule has 0 bridgehead atoms. The van der Waals surface area contributed by atoms with Crippen LogP contribution < -0.4 is 0 Å². The molecule has 1 heterocycles. The maximum atomic E-state index is 12.6. The van der Waals surface area contributed by atoms with Crippen LogP contribution in [0.2, 0.25) is 5.02 Å². The Morgan fingerprint density at radius 3 is 2.20 bits per heavy atom. The Kier molecular flexibility index (Phi) is 5.40. The minimum absolute atomic E-state index is 0.0201. The van der Waals surface area contributed by atoms with E-state index in [-0.39, 0.29) is 11.3 Å². The van der Waals surface area contributed by atoms with Gasteiger partial charge in [-0.05, 0) is 41.0 Å². The number of rotatable bonds is 6. The molecular formula is C24H18ClNO4. The van der Waals surface area contributed by atoms with Crippen molar-refractivity contribution in [1.82, 2.24) is 4.57 Å². The van der Waals surface area contributed by atoms with Crippen LogP contribution in [0.4, 0.5) is 0 Å². The Bertz CT molecular complexity index is 1240. The van der Waals surface area contributed by atoms with Gasteiger partial charge in [0, 0.05) is 22.5 Å². The van der Waals surface area contributed by atoms with Crippen LogP contribution in [-0.2, 0) is 17.9 Å². The first kappa shape index (κ1) is 19.9. The number of nitrogens with zero attached hydrogens (tertiary/aromatic N) is 1. The molecule has 0 aliphatic rings. The van der Waals surface area contributed by atoms with Gasteiger partial charge in [-0.3, -0.25) is 4.79 Å². The van der Waals surface area contributed by atoms with Gasteiger partial charge in [0.05, 0.1) is 17.9 Å². The predicted octanol–water partition coefficient (Wildman–Crippen LogP) is 4.77. The number of carboxylic acid groups (broad SMARTS) is 1. The van der Waals surface area contributed by atoms with Crippen molar-refractivity contribution >= 4 is 34.3 Å². The first-order valence-electron chi connectivity index (χ1n) is 9.33. The fourth-order valence-electron chi connectivity index (χ4n) is 3.70. The molecule has 0 amide bonds.